The number of furan rings is 1. The zero-order valence-corrected chi connectivity index (χ0v) is 19.8. The number of H-pyrrole nitrogens is 1. The molecular formula is C24H32N4O3S. The number of thiocarbonyl (C=S) groups is 1. The van der Waals surface area contributed by atoms with Crippen LogP contribution in [0.25, 0.3) is 10.9 Å². The molecule has 2 aromatic heterocycles. The molecule has 0 saturated carbocycles. The molecule has 0 bridgehead atoms. The van der Waals surface area contributed by atoms with Crippen molar-refractivity contribution in [1.82, 2.24) is 20.1 Å². The van der Waals surface area contributed by atoms with Crippen molar-refractivity contribution in [3.8, 4) is 5.75 Å². The number of hydrogen-bond donors (Lipinski definition) is 2. The Hall–Kier alpha value is -2.84. The van der Waals surface area contributed by atoms with Gasteiger partial charge in [0.1, 0.15) is 11.5 Å². The van der Waals surface area contributed by atoms with Crippen molar-refractivity contribution in [3.63, 3.8) is 0 Å². The molecule has 2 heterocycles. The van der Waals surface area contributed by atoms with Gasteiger partial charge in [-0.1, -0.05) is 13.8 Å². The first kappa shape index (κ1) is 23.8. The highest BCUT2D eigenvalue weighted by Gasteiger charge is 2.15. The molecule has 172 valence electrons. The van der Waals surface area contributed by atoms with Crippen LogP contribution < -0.4 is 15.6 Å². The number of aromatic amines is 1. The number of nitrogens with one attached hydrogen (secondary N) is 2. The van der Waals surface area contributed by atoms with Gasteiger partial charge in [0.2, 0.25) is 0 Å². The molecule has 0 unspecified atom stereocenters. The average molecular weight is 457 g/mol. The molecule has 0 aliphatic rings. The molecular weight excluding hydrogens is 424 g/mol. The molecule has 32 heavy (non-hydrogen) atoms. The molecule has 1 aromatic carbocycles. The fourth-order valence-corrected chi connectivity index (χ4v) is 3.85. The van der Waals surface area contributed by atoms with Crippen LogP contribution in [0.3, 0.4) is 0 Å². The summed E-state index contributed by atoms with van der Waals surface area (Å²) in [6.07, 6.45) is 2.64. The molecule has 0 saturated heterocycles. The Bertz CT molecular complexity index is 1060. The summed E-state index contributed by atoms with van der Waals surface area (Å²) in [5, 5.41) is 4.90. The zero-order chi connectivity index (χ0) is 22.9. The minimum atomic E-state index is -0.139. The third-order valence-corrected chi connectivity index (χ3v) is 5.93. The highest BCUT2D eigenvalue weighted by molar-refractivity contribution is 7.80. The van der Waals surface area contributed by atoms with Crippen LogP contribution in [0.5, 0.6) is 5.75 Å². The van der Waals surface area contributed by atoms with Crippen molar-refractivity contribution >= 4 is 28.2 Å². The van der Waals surface area contributed by atoms with E-state index < -0.39 is 0 Å². The first-order valence-electron chi connectivity index (χ1n) is 11.0. The van der Waals surface area contributed by atoms with Crippen molar-refractivity contribution in [2.75, 3.05) is 33.3 Å². The highest BCUT2D eigenvalue weighted by Crippen LogP contribution is 2.19. The van der Waals surface area contributed by atoms with E-state index in [2.05, 4.69) is 29.0 Å². The molecule has 0 aliphatic heterocycles. The maximum atomic E-state index is 12.8. The number of nitrogens with zero attached hydrogens (tertiary/aromatic N) is 2. The van der Waals surface area contributed by atoms with Crippen LogP contribution in [0.15, 0.2) is 51.9 Å². The number of methoxy groups -OCH3 is 1. The summed E-state index contributed by atoms with van der Waals surface area (Å²) in [7, 11) is 1.61. The largest absolute Gasteiger partial charge is 0.497 e. The van der Waals surface area contributed by atoms with Gasteiger partial charge in [-0.3, -0.25) is 4.79 Å². The van der Waals surface area contributed by atoms with Gasteiger partial charge in [-0.15, -0.1) is 0 Å². The fraction of sp³-hybridized carbons (Fsp3) is 0.417. The second-order valence-corrected chi connectivity index (χ2v) is 8.01. The van der Waals surface area contributed by atoms with Crippen LogP contribution in [0.1, 0.15) is 31.6 Å². The lowest BCUT2D eigenvalue weighted by molar-refractivity contribution is 0.298. The first-order chi connectivity index (χ1) is 15.5. The molecule has 0 spiro atoms. The van der Waals surface area contributed by atoms with Crippen molar-refractivity contribution in [2.24, 2.45) is 0 Å². The Balaban J connectivity index is 1.73. The van der Waals surface area contributed by atoms with Crippen LogP contribution in [-0.2, 0) is 13.1 Å². The predicted octanol–water partition coefficient (Wildman–Crippen LogP) is 3.74. The number of benzene rings is 1. The quantitative estimate of drug-likeness (QED) is 0.336. The Morgan fingerprint density at radius 1 is 1.19 bits per heavy atom. The van der Waals surface area contributed by atoms with Crippen molar-refractivity contribution < 1.29 is 9.15 Å². The van der Waals surface area contributed by atoms with Gasteiger partial charge in [-0.2, -0.15) is 0 Å². The summed E-state index contributed by atoms with van der Waals surface area (Å²) in [5.74, 6) is 1.50. The molecule has 3 rings (SSSR count). The molecule has 0 fully saturated rings. The van der Waals surface area contributed by atoms with Gasteiger partial charge in [0.15, 0.2) is 5.11 Å². The highest BCUT2D eigenvalue weighted by atomic mass is 32.1. The summed E-state index contributed by atoms with van der Waals surface area (Å²) in [4.78, 5) is 20.1. The monoisotopic (exact) mass is 456 g/mol. The second kappa shape index (κ2) is 11.7. The summed E-state index contributed by atoms with van der Waals surface area (Å²) >= 11 is 5.69. The van der Waals surface area contributed by atoms with Gasteiger partial charge in [0, 0.05) is 18.2 Å². The Morgan fingerprint density at radius 2 is 2.00 bits per heavy atom. The fourth-order valence-electron chi connectivity index (χ4n) is 3.62. The van der Waals surface area contributed by atoms with Crippen LogP contribution in [-0.4, -0.2) is 53.2 Å². The smallest absolute Gasteiger partial charge is 0.253 e. The van der Waals surface area contributed by atoms with Crippen molar-refractivity contribution in [3.05, 3.63) is 64.3 Å². The molecule has 0 radical (unpaired) electrons. The van der Waals surface area contributed by atoms with Gasteiger partial charge in [0.05, 0.1) is 32.0 Å². The van der Waals surface area contributed by atoms with Gasteiger partial charge in [-0.25, -0.2) is 0 Å². The number of aromatic nitrogens is 1. The number of ether oxygens (including phenoxy) is 1. The standard InChI is InChI=1S/C24H32N4O3S/c1-4-27(5-2)12-7-11-25-24(32)28(17-21-8-6-13-31-21)16-19-14-18-9-10-20(30-3)15-22(18)26-23(19)29/h6,8-10,13-15H,4-5,7,11-12,16-17H2,1-3H3,(H,25,32)(H,26,29). The maximum absolute atomic E-state index is 12.8. The number of hydrogen-bond acceptors (Lipinski definition) is 5. The second-order valence-electron chi connectivity index (χ2n) is 7.62. The normalized spacial score (nSPS) is 11.1. The lowest BCUT2D eigenvalue weighted by atomic mass is 10.1. The van der Waals surface area contributed by atoms with Crippen LogP contribution in [0, 0.1) is 0 Å². The first-order valence-corrected chi connectivity index (χ1v) is 11.4. The third-order valence-electron chi connectivity index (χ3n) is 5.53. The van der Waals surface area contributed by atoms with Crippen molar-refractivity contribution in [1.29, 1.82) is 0 Å². The Labute approximate surface area is 194 Å². The van der Waals surface area contributed by atoms with Gasteiger partial charge in [0.25, 0.3) is 5.56 Å². The summed E-state index contributed by atoms with van der Waals surface area (Å²) in [5.41, 5.74) is 1.24. The lowest BCUT2D eigenvalue weighted by Gasteiger charge is -2.25. The van der Waals surface area contributed by atoms with Crippen LogP contribution in [0.4, 0.5) is 0 Å². The van der Waals surface area contributed by atoms with Gasteiger partial charge >= 0.3 is 0 Å². The molecule has 3 aromatic rings. The van der Waals surface area contributed by atoms with E-state index in [0.29, 0.717) is 29.5 Å². The average Bonchev–Trinajstić information content (AvgIpc) is 3.32. The van der Waals surface area contributed by atoms with Gasteiger partial charge < -0.3 is 29.3 Å². The summed E-state index contributed by atoms with van der Waals surface area (Å²) in [6, 6.07) is 11.3. The third kappa shape index (κ3) is 6.34. The van der Waals surface area contributed by atoms with E-state index in [4.69, 9.17) is 21.4 Å². The van der Waals surface area contributed by atoms with Crippen molar-refractivity contribution in [2.45, 2.75) is 33.4 Å². The van der Waals surface area contributed by atoms with E-state index in [1.165, 1.54) is 0 Å². The molecule has 7 nitrogen and oxygen atoms in total. The van der Waals surface area contributed by atoms with E-state index in [9.17, 15) is 4.79 Å². The van der Waals surface area contributed by atoms with E-state index in [1.54, 1.807) is 13.4 Å². The predicted molar refractivity (Wildman–Crippen MR) is 132 cm³/mol. The zero-order valence-electron chi connectivity index (χ0n) is 19.0. The minimum Gasteiger partial charge on any atom is -0.497 e. The number of fused-ring (bicyclic) bond motifs is 1. The number of rotatable bonds is 11. The molecule has 8 heteroatoms. The van der Waals surface area contributed by atoms with E-state index >= 15 is 0 Å². The van der Waals surface area contributed by atoms with Gasteiger partial charge in [-0.05, 0) is 74.0 Å². The minimum absolute atomic E-state index is 0.139. The lowest BCUT2D eigenvalue weighted by Crippen LogP contribution is -2.41. The van der Waals surface area contributed by atoms with E-state index in [-0.39, 0.29) is 5.56 Å². The molecule has 2 N–H and O–H groups in total. The summed E-state index contributed by atoms with van der Waals surface area (Å²) < 4.78 is 10.8. The molecule has 0 amide bonds. The SMILES string of the molecule is CCN(CC)CCCNC(=S)N(Cc1ccco1)Cc1cc2ccc(OC)cc2[nH]c1=O. The van der Waals surface area contributed by atoms with E-state index in [1.807, 2.05) is 41.3 Å². The topological polar surface area (TPSA) is 73.7 Å². The van der Waals surface area contributed by atoms with Crippen LogP contribution >= 0.6 is 12.2 Å². The molecule has 0 aliphatic carbocycles. The Morgan fingerprint density at radius 3 is 2.69 bits per heavy atom. The number of pyridine rings is 1. The maximum Gasteiger partial charge on any atom is 0.253 e. The Kier molecular flexibility index (Phi) is 8.70. The van der Waals surface area contributed by atoms with Crippen LogP contribution in [0.2, 0.25) is 0 Å². The molecule has 0 atom stereocenters. The van der Waals surface area contributed by atoms with E-state index in [0.717, 1.165) is 49.3 Å². The summed E-state index contributed by atoms with van der Waals surface area (Å²) in [6.45, 7) is 9.08.